The van der Waals surface area contributed by atoms with Crippen LogP contribution in [0.15, 0.2) is 0 Å². The van der Waals surface area contributed by atoms with Gasteiger partial charge >= 0.3 is 12.0 Å². The molecular formula is C12H18N2O3. The minimum Gasteiger partial charge on any atom is -0.481 e. The van der Waals surface area contributed by atoms with Crippen LogP contribution in [-0.4, -0.2) is 41.1 Å². The second-order valence-electron chi connectivity index (χ2n) is 4.21. The number of terminal acetylenes is 1. The first-order chi connectivity index (χ1) is 8.08. The minimum atomic E-state index is -0.780. The van der Waals surface area contributed by atoms with Gasteiger partial charge in [-0.1, -0.05) is 5.92 Å². The van der Waals surface area contributed by atoms with Crippen LogP contribution in [-0.2, 0) is 4.79 Å². The Hall–Kier alpha value is -1.70. The van der Waals surface area contributed by atoms with Crippen molar-refractivity contribution in [3.8, 4) is 12.3 Å². The third-order valence-electron chi connectivity index (χ3n) is 3.06. The van der Waals surface area contributed by atoms with E-state index in [1.165, 1.54) is 4.90 Å². The molecule has 2 amide bonds. The lowest BCUT2D eigenvalue weighted by atomic mass is 10.1. The quantitative estimate of drug-likeness (QED) is 0.715. The van der Waals surface area contributed by atoms with Crippen molar-refractivity contribution in [1.29, 1.82) is 0 Å². The van der Waals surface area contributed by atoms with Crippen LogP contribution in [0.25, 0.3) is 0 Å². The topological polar surface area (TPSA) is 69.6 Å². The van der Waals surface area contributed by atoms with Gasteiger partial charge in [-0.2, -0.15) is 0 Å². The SMILES string of the molecule is C#CCN(CC)C(=O)NC1CCC(C(=O)O)C1. The Morgan fingerprint density at radius 2 is 2.24 bits per heavy atom. The highest BCUT2D eigenvalue weighted by Gasteiger charge is 2.31. The van der Waals surface area contributed by atoms with E-state index in [0.29, 0.717) is 19.4 Å². The molecule has 2 N–H and O–H groups in total. The van der Waals surface area contributed by atoms with Crippen LogP contribution in [0.4, 0.5) is 4.79 Å². The van der Waals surface area contributed by atoms with Crippen molar-refractivity contribution in [3.05, 3.63) is 0 Å². The van der Waals surface area contributed by atoms with Gasteiger partial charge < -0.3 is 15.3 Å². The number of carboxylic acid groups (broad SMARTS) is 1. The summed E-state index contributed by atoms with van der Waals surface area (Å²) in [6, 6.07) is -0.253. The summed E-state index contributed by atoms with van der Waals surface area (Å²) < 4.78 is 0. The monoisotopic (exact) mass is 238 g/mol. The number of nitrogens with one attached hydrogen (secondary N) is 1. The third kappa shape index (κ3) is 3.66. The molecule has 1 fully saturated rings. The molecule has 0 saturated heterocycles. The summed E-state index contributed by atoms with van der Waals surface area (Å²) in [5, 5.41) is 11.7. The Morgan fingerprint density at radius 1 is 1.53 bits per heavy atom. The highest BCUT2D eigenvalue weighted by molar-refractivity contribution is 5.75. The van der Waals surface area contributed by atoms with Crippen LogP contribution in [0.3, 0.4) is 0 Å². The number of carbonyl (C=O) groups is 2. The van der Waals surface area contributed by atoms with E-state index in [1.54, 1.807) is 0 Å². The average Bonchev–Trinajstić information content (AvgIpc) is 2.74. The van der Waals surface area contributed by atoms with Crippen LogP contribution in [0.1, 0.15) is 26.2 Å². The molecule has 0 aromatic heterocycles. The third-order valence-corrected chi connectivity index (χ3v) is 3.06. The molecule has 1 saturated carbocycles. The summed E-state index contributed by atoms with van der Waals surface area (Å²) in [6.45, 7) is 2.67. The molecule has 0 bridgehead atoms. The summed E-state index contributed by atoms with van der Waals surface area (Å²) in [7, 11) is 0. The van der Waals surface area contributed by atoms with Gasteiger partial charge in [-0.05, 0) is 26.2 Å². The molecule has 2 atom stereocenters. The van der Waals surface area contributed by atoms with Crippen molar-refractivity contribution < 1.29 is 14.7 Å². The minimum absolute atomic E-state index is 0.0459. The van der Waals surface area contributed by atoms with E-state index >= 15 is 0 Å². The molecule has 2 unspecified atom stereocenters. The van der Waals surface area contributed by atoms with Gasteiger partial charge in [0.2, 0.25) is 0 Å². The van der Waals surface area contributed by atoms with Crippen LogP contribution in [0.5, 0.6) is 0 Å². The zero-order valence-electron chi connectivity index (χ0n) is 9.98. The van der Waals surface area contributed by atoms with Crippen molar-refractivity contribution >= 4 is 12.0 Å². The second-order valence-corrected chi connectivity index (χ2v) is 4.21. The van der Waals surface area contributed by atoms with E-state index in [1.807, 2.05) is 6.92 Å². The summed E-state index contributed by atoms with van der Waals surface area (Å²) in [5.41, 5.74) is 0. The molecule has 0 aromatic carbocycles. The van der Waals surface area contributed by atoms with Gasteiger partial charge in [-0.25, -0.2) is 4.79 Å². The predicted octanol–water partition coefficient (Wildman–Crippen LogP) is 0.904. The summed E-state index contributed by atoms with van der Waals surface area (Å²) in [5.74, 6) is 1.31. The molecule has 5 heteroatoms. The smallest absolute Gasteiger partial charge is 0.318 e. The average molecular weight is 238 g/mol. The lowest BCUT2D eigenvalue weighted by Gasteiger charge is -2.21. The van der Waals surface area contributed by atoms with E-state index in [0.717, 1.165) is 6.42 Å². The maximum atomic E-state index is 11.8. The molecule has 0 heterocycles. The molecule has 1 rings (SSSR count). The first kappa shape index (κ1) is 13.4. The van der Waals surface area contributed by atoms with Gasteiger partial charge in [-0.3, -0.25) is 4.79 Å². The second kappa shape index (κ2) is 6.14. The van der Waals surface area contributed by atoms with E-state index in [4.69, 9.17) is 11.5 Å². The fraction of sp³-hybridized carbons (Fsp3) is 0.667. The lowest BCUT2D eigenvalue weighted by molar-refractivity contribution is -0.141. The van der Waals surface area contributed by atoms with Crippen molar-refractivity contribution in [2.45, 2.75) is 32.2 Å². The normalized spacial score (nSPS) is 22.8. The number of hydrogen-bond donors (Lipinski definition) is 2. The Balaban J connectivity index is 2.42. The predicted molar refractivity (Wildman–Crippen MR) is 63.4 cm³/mol. The number of urea groups is 1. The largest absolute Gasteiger partial charge is 0.481 e. The Morgan fingerprint density at radius 3 is 2.71 bits per heavy atom. The Labute approximate surface area is 101 Å². The summed E-state index contributed by atoms with van der Waals surface area (Å²) >= 11 is 0. The molecule has 1 aliphatic carbocycles. The van der Waals surface area contributed by atoms with Crippen LogP contribution in [0.2, 0.25) is 0 Å². The van der Waals surface area contributed by atoms with Crippen molar-refractivity contribution in [2.75, 3.05) is 13.1 Å². The molecule has 1 aliphatic rings. The zero-order valence-corrected chi connectivity index (χ0v) is 9.98. The number of nitrogens with zero attached hydrogens (tertiary/aromatic N) is 1. The standard InChI is InChI=1S/C12H18N2O3/c1-3-7-14(4-2)12(17)13-10-6-5-9(8-10)11(15)16/h1,9-10H,4-8H2,2H3,(H,13,17)(H,15,16). The summed E-state index contributed by atoms with van der Waals surface area (Å²) in [4.78, 5) is 24.1. The fourth-order valence-electron chi connectivity index (χ4n) is 2.04. The van der Waals surface area contributed by atoms with E-state index in [2.05, 4.69) is 11.2 Å². The molecular weight excluding hydrogens is 220 g/mol. The molecule has 0 radical (unpaired) electrons. The van der Waals surface area contributed by atoms with Crippen LogP contribution < -0.4 is 5.32 Å². The van der Waals surface area contributed by atoms with Crippen molar-refractivity contribution in [1.82, 2.24) is 10.2 Å². The molecule has 0 aromatic rings. The van der Waals surface area contributed by atoms with Gasteiger partial charge in [0, 0.05) is 12.6 Å². The molecule has 0 aliphatic heterocycles. The van der Waals surface area contributed by atoms with Gasteiger partial charge in [0.15, 0.2) is 0 Å². The van der Waals surface area contributed by atoms with Crippen molar-refractivity contribution in [3.63, 3.8) is 0 Å². The lowest BCUT2D eigenvalue weighted by Crippen LogP contribution is -2.44. The van der Waals surface area contributed by atoms with Gasteiger partial charge in [-0.15, -0.1) is 6.42 Å². The Kier molecular flexibility index (Phi) is 4.83. The molecule has 94 valence electrons. The van der Waals surface area contributed by atoms with Crippen molar-refractivity contribution in [2.24, 2.45) is 5.92 Å². The zero-order chi connectivity index (χ0) is 12.8. The fourth-order valence-corrected chi connectivity index (χ4v) is 2.04. The first-order valence-electron chi connectivity index (χ1n) is 5.80. The number of carboxylic acids is 1. The van der Waals surface area contributed by atoms with Gasteiger partial charge in [0.1, 0.15) is 0 Å². The number of hydrogen-bond acceptors (Lipinski definition) is 2. The molecule has 17 heavy (non-hydrogen) atoms. The maximum absolute atomic E-state index is 11.8. The Bertz CT molecular complexity index is 335. The number of aliphatic carboxylic acids is 1. The van der Waals surface area contributed by atoms with Crippen LogP contribution in [0, 0.1) is 18.3 Å². The number of amides is 2. The molecule has 5 nitrogen and oxygen atoms in total. The van der Waals surface area contributed by atoms with Crippen LogP contribution >= 0.6 is 0 Å². The number of carbonyl (C=O) groups excluding carboxylic acids is 1. The number of rotatable bonds is 4. The molecule has 0 spiro atoms. The van der Waals surface area contributed by atoms with E-state index < -0.39 is 5.97 Å². The van der Waals surface area contributed by atoms with Gasteiger partial charge in [0.05, 0.1) is 12.5 Å². The summed E-state index contributed by atoms with van der Waals surface area (Å²) in [6.07, 6.45) is 7.02. The highest BCUT2D eigenvalue weighted by atomic mass is 16.4. The first-order valence-corrected chi connectivity index (χ1v) is 5.80. The van der Waals surface area contributed by atoms with E-state index in [9.17, 15) is 9.59 Å². The highest BCUT2D eigenvalue weighted by Crippen LogP contribution is 2.25. The van der Waals surface area contributed by atoms with Gasteiger partial charge in [0.25, 0.3) is 0 Å². The van der Waals surface area contributed by atoms with E-state index in [-0.39, 0.29) is 24.5 Å². The maximum Gasteiger partial charge on any atom is 0.318 e.